The van der Waals surface area contributed by atoms with Gasteiger partial charge in [0.25, 0.3) is 5.91 Å². The Morgan fingerprint density at radius 2 is 1.70 bits per heavy atom. The van der Waals surface area contributed by atoms with Crippen molar-refractivity contribution in [1.82, 2.24) is 18.9 Å². The molecule has 6 heteroatoms. The standard InChI is InChI=1S/C21H22N4O2/c1-13-9-11-14(12-10-13)17-18(19(26)20(27)23(2)3)25-16-8-6-5-7-15(16)24(4)21(25)22-17/h5-12,19,26H,1-4H3. The molecule has 4 aromatic rings. The van der Waals surface area contributed by atoms with E-state index in [0.29, 0.717) is 17.2 Å². The molecule has 138 valence electrons. The van der Waals surface area contributed by atoms with E-state index in [1.54, 1.807) is 14.1 Å². The zero-order valence-electron chi connectivity index (χ0n) is 15.8. The molecule has 0 saturated heterocycles. The molecule has 2 heterocycles. The molecule has 0 aliphatic heterocycles. The van der Waals surface area contributed by atoms with Gasteiger partial charge in [-0.3, -0.25) is 9.20 Å². The van der Waals surface area contributed by atoms with Crippen molar-refractivity contribution in [3.63, 3.8) is 0 Å². The third-order valence-electron chi connectivity index (χ3n) is 4.94. The molecule has 1 unspecified atom stereocenters. The van der Waals surface area contributed by atoms with Crippen LogP contribution in [0.15, 0.2) is 48.5 Å². The lowest BCUT2D eigenvalue weighted by Gasteiger charge is -2.17. The van der Waals surface area contributed by atoms with Crippen LogP contribution in [0.4, 0.5) is 0 Å². The van der Waals surface area contributed by atoms with Gasteiger partial charge in [-0.05, 0) is 19.1 Å². The summed E-state index contributed by atoms with van der Waals surface area (Å²) < 4.78 is 3.86. The van der Waals surface area contributed by atoms with Crippen LogP contribution >= 0.6 is 0 Å². The van der Waals surface area contributed by atoms with E-state index in [1.165, 1.54) is 4.90 Å². The summed E-state index contributed by atoms with van der Waals surface area (Å²) in [4.78, 5) is 18.8. The molecule has 1 N–H and O–H groups in total. The Morgan fingerprint density at radius 1 is 1.07 bits per heavy atom. The number of imidazole rings is 2. The highest BCUT2D eigenvalue weighted by Crippen LogP contribution is 2.33. The van der Waals surface area contributed by atoms with E-state index in [1.807, 2.05) is 71.5 Å². The van der Waals surface area contributed by atoms with Crippen LogP contribution in [0.5, 0.6) is 0 Å². The molecular weight excluding hydrogens is 340 g/mol. The Bertz CT molecular complexity index is 1150. The van der Waals surface area contributed by atoms with E-state index in [0.717, 1.165) is 22.2 Å². The van der Waals surface area contributed by atoms with Crippen LogP contribution in [-0.2, 0) is 11.8 Å². The van der Waals surface area contributed by atoms with Crippen molar-refractivity contribution in [1.29, 1.82) is 0 Å². The first kappa shape index (κ1) is 17.3. The lowest BCUT2D eigenvalue weighted by atomic mass is 10.0. The van der Waals surface area contributed by atoms with Gasteiger partial charge in [0.1, 0.15) is 0 Å². The van der Waals surface area contributed by atoms with Gasteiger partial charge < -0.3 is 14.6 Å². The topological polar surface area (TPSA) is 62.8 Å². The van der Waals surface area contributed by atoms with E-state index in [4.69, 9.17) is 4.98 Å². The molecular formula is C21H22N4O2. The Kier molecular flexibility index (Phi) is 4.00. The number of fused-ring (bicyclic) bond motifs is 3. The van der Waals surface area contributed by atoms with E-state index in [2.05, 4.69) is 0 Å². The summed E-state index contributed by atoms with van der Waals surface area (Å²) in [6, 6.07) is 15.8. The van der Waals surface area contributed by atoms with Crippen LogP contribution in [0, 0.1) is 6.92 Å². The normalized spacial score (nSPS) is 12.6. The minimum atomic E-state index is -1.31. The zero-order chi connectivity index (χ0) is 19.3. The number of amides is 1. The highest BCUT2D eigenvalue weighted by molar-refractivity contribution is 5.88. The van der Waals surface area contributed by atoms with Crippen LogP contribution in [0.3, 0.4) is 0 Å². The van der Waals surface area contributed by atoms with Crippen molar-refractivity contribution in [3.8, 4) is 11.3 Å². The number of hydrogen-bond donors (Lipinski definition) is 1. The summed E-state index contributed by atoms with van der Waals surface area (Å²) in [6.07, 6.45) is -1.31. The number of aliphatic hydroxyl groups excluding tert-OH is 1. The van der Waals surface area contributed by atoms with Gasteiger partial charge in [0.15, 0.2) is 6.10 Å². The maximum atomic E-state index is 12.6. The maximum Gasteiger partial charge on any atom is 0.257 e. The number of para-hydroxylation sites is 2. The number of aromatic nitrogens is 3. The Balaban J connectivity index is 2.08. The molecule has 4 rings (SSSR count). The second-order valence-electron chi connectivity index (χ2n) is 7.03. The van der Waals surface area contributed by atoms with E-state index < -0.39 is 6.10 Å². The lowest BCUT2D eigenvalue weighted by molar-refractivity contribution is -0.138. The average Bonchev–Trinajstić information content (AvgIpc) is 3.18. The fraction of sp³-hybridized carbons (Fsp3) is 0.238. The highest BCUT2D eigenvalue weighted by Gasteiger charge is 2.30. The summed E-state index contributed by atoms with van der Waals surface area (Å²) in [5.74, 6) is 0.311. The number of likely N-dealkylation sites (N-methyl/N-ethyl adjacent to an activating group) is 1. The monoisotopic (exact) mass is 362 g/mol. The number of nitrogens with zero attached hydrogens (tertiary/aromatic N) is 4. The van der Waals surface area contributed by atoms with Gasteiger partial charge in [0, 0.05) is 26.7 Å². The summed E-state index contributed by atoms with van der Waals surface area (Å²) >= 11 is 0. The number of aliphatic hydroxyl groups is 1. The molecule has 1 amide bonds. The van der Waals surface area contributed by atoms with Crippen LogP contribution in [-0.4, -0.2) is 44.0 Å². The number of rotatable bonds is 3. The predicted molar refractivity (Wildman–Crippen MR) is 105 cm³/mol. The van der Waals surface area contributed by atoms with Gasteiger partial charge in [0.2, 0.25) is 5.78 Å². The molecule has 0 spiro atoms. The fourth-order valence-corrected chi connectivity index (χ4v) is 3.47. The van der Waals surface area contributed by atoms with E-state index >= 15 is 0 Å². The van der Waals surface area contributed by atoms with Crippen LogP contribution < -0.4 is 0 Å². The zero-order valence-corrected chi connectivity index (χ0v) is 15.8. The van der Waals surface area contributed by atoms with Crippen molar-refractivity contribution < 1.29 is 9.90 Å². The fourth-order valence-electron chi connectivity index (χ4n) is 3.47. The van der Waals surface area contributed by atoms with Gasteiger partial charge >= 0.3 is 0 Å². The largest absolute Gasteiger partial charge is 0.377 e. The summed E-state index contributed by atoms with van der Waals surface area (Å²) in [5.41, 5.74) is 5.01. The van der Waals surface area contributed by atoms with Crippen molar-refractivity contribution in [2.75, 3.05) is 14.1 Å². The molecule has 6 nitrogen and oxygen atoms in total. The molecule has 1 atom stereocenters. The van der Waals surface area contributed by atoms with Crippen LogP contribution in [0.25, 0.3) is 28.1 Å². The highest BCUT2D eigenvalue weighted by atomic mass is 16.3. The van der Waals surface area contributed by atoms with Crippen LogP contribution in [0.2, 0.25) is 0 Å². The minimum Gasteiger partial charge on any atom is -0.377 e. The lowest BCUT2D eigenvalue weighted by Crippen LogP contribution is -2.29. The second-order valence-corrected chi connectivity index (χ2v) is 7.03. The molecule has 0 fully saturated rings. The second kappa shape index (κ2) is 6.25. The predicted octanol–water partition coefficient (Wildman–Crippen LogP) is 2.92. The van der Waals surface area contributed by atoms with Gasteiger partial charge in [-0.15, -0.1) is 0 Å². The van der Waals surface area contributed by atoms with Crippen molar-refractivity contribution in [2.45, 2.75) is 13.0 Å². The number of carbonyl (C=O) groups excluding carboxylic acids is 1. The van der Waals surface area contributed by atoms with E-state index in [9.17, 15) is 9.90 Å². The van der Waals surface area contributed by atoms with Crippen molar-refractivity contribution >= 4 is 22.7 Å². The van der Waals surface area contributed by atoms with Gasteiger partial charge in [-0.25, -0.2) is 4.98 Å². The molecule has 0 bridgehead atoms. The van der Waals surface area contributed by atoms with Crippen molar-refractivity contribution in [3.05, 3.63) is 59.8 Å². The Morgan fingerprint density at radius 3 is 2.33 bits per heavy atom. The maximum absolute atomic E-state index is 12.6. The number of aryl methyl sites for hydroxylation is 2. The molecule has 0 saturated carbocycles. The Labute approximate surface area is 157 Å². The first-order valence-electron chi connectivity index (χ1n) is 8.82. The number of benzene rings is 2. The smallest absolute Gasteiger partial charge is 0.257 e. The molecule has 0 aliphatic carbocycles. The van der Waals surface area contributed by atoms with Crippen molar-refractivity contribution in [2.24, 2.45) is 7.05 Å². The van der Waals surface area contributed by atoms with Gasteiger partial charge in [-0.1, -0.05) is 42.0 Å². The average molecular weight is 362 g/mol. The molecule has 0 aliphatic rings. The van der Waals surface area contributed by atoms with E-state index in [-0.39, 0.29) is 5.91 Å². The van der Waals surface area contributed by atoms with Crippen LogP contribution in [0.1, 0.15) is 17.4 Å². The molecule has 2 aromatic heterocycles. The minimum absolute atomic E-state index is 0.377. The summed E-state index contributed by atoms with van der Waals surface area (Å²) in [5, 5.41) is 11.0. The first-order chi connectivity index (χ1) is 12.9. The summed E-state index contributed by atoms with van der Waals surface area (Å²) in [7, 11) is 5.21. The molecule has 0 radical (unpaired) electrons. The third-order valence-corrected chi connectivity index (χ3v) is 4.94. The first-order valence-corrected chi connectivity index (χ1v) is 8.82. The SMILES string of the molecule is Cc1ccc(-c2nc3n(C)c4ccccc4n3c2C(O)C(=O)N(C)C)cc1. The van der Waals surface area contributed by atoms with Gasteiger partial charge in [-0.2, -0.15) is 0 Å². The third kappa shape index (κ3) is 2.61. The molecule has 2 aromatic carbocycles. The Hall–Kier alpha value is -3.12. The van der Waals surface area contributed by atoms with Gasteiger partial charge in [0.05, 0.1) is 22.4 Å². The molecule has 27 heavy (non-hydrogen) atoms. The summed E-state index contributed by atoms with van der Waals surface area (Å²) in [6.45, 7) is 2.02. The number of carbonyl (C=O) groups is 1. The number of hydrogen-bond acceptors (Lipinski definition) is 3. The quantitative estimate of drug-likeness (QED) is 0.609.